The molecule has 2 rings (SSSR count). The predicted octanol–water partition coefficient (Wildman–Crippen LogP) is 4.04. The van der Waals surface area contributed by atoms with Crippen molar-refractivity contribution in [1.82, 2.24) is 4.98 Å². The van der Waals surface area contributed by atoms with E-state index in [1.807, 2.05) is 32.0 Å². The van der Waals surface area contributed by atoms with Crippen LogP contribution < -0.4 is 10.1 Å². The van der Waals surface area contributed by atoms with Crippen LogP contribution in [-0.4, -0.2) is 30.1 Å². The molecule has 0 spiro atoms. The molecule has 1 aromatic carbocycles. The fourth-order valence-electron chi connectivity index (χ4n) is 2.31. The average Bonchev–Trinajstić information content (AvgIpc) is 2.95. The Kier molecular flexibility index (Phi) is 7.15. The minimum atomic E-state index is -0.412. The molecule has 0 aliphatic rings. The van der Waals surface area contributed by atoms with Crippen LogP contribution in [0.25, 0.3) is 0 Å². The van der Waals surface area contributed by atoms with Crippen molar-refractivity contribution in [2.24, 2.45) is 0 Å². The summed E-state index contributed by atoms with van der Waals surface area (Å²) in [6, 6.07) is 5.92. The summed E-state index contributed by atoms with van der Waals surface area (Å²) in [6.45, 7) is 8.29. The number of thiazole rings is 1. The topological polar surface area (TPSA) is 77.5 Å². The van der Waals surface area contributed by atoms with E-state index < -0.39 is 5.97 Å². The molecular formula is C19H24N2O4S. The maximum absolute atomic E-state index is 12.0. The molecule has 0 saturated heterocycles. The summed E-state index contributed by atoms with van der Waals surface area (Å²) >= 11 is 1.13. The lowest BCUT2D eigenvalue weighted by Gasteiger charge is -2.10. The van der Waals surface area contributed by atoms with Crippen molar-refractivity contribution in [2.75, 3.05) is 18.5 Å². The van der Waals surface area contributed by atoms with Crippen LogP contribution in [0.2, 0.25) is 0 Å². The number of benzene rings is 1. The second kappa shape index (κ2) is 9.33. The molecule has 1 aromatic heterocycles. The Labute approximate surface area is 157 Å². The molecule has 1 N–H and O–H groups in total. The highest BCUT2D eigenvalue weighted by Crippen LogP contribution is 2.24. The molecule has 2 aromatic rings. The monoisotopic (exact) mass is 376 g/mol. The Bertz CT molecular complexity index is 786. The van der Waals surface area contributed by atoms with E-state index in [0.717, 1.165) is 22.6 Å². The summed E-state index contributed by atoms with van der Waals surface area (Å²) in [4.78, 5) is 28.4. The van der Waals surface area contributed by atoms with Crippen molar-refractivity contribution >= 4 is 28.3 Å². The van der Waals surface area contributed by atoms with Crippen LogP contribution in [0.1, 0.15) is 46.3 Å². The van der Waals surface area contributed by atoms with Gasteiger partial charge in [0.2, 0.25) is 5.91 Å². The quantitative estimate of drug-likeness (QED) is 0.556. The van der Waals surface area contributed by atoms with E-state index in [1.165, 1.54) is 5.56 Å². The number of aromatic nitrogens is 1. The third-order valence-electron chi connectivity index (χ3n) is 3.86. The van der Waals surface area contributed by atoms with Gasteiger partial charge in [0.05, 0.1) is 18.9 Å². The molecule has 0 atom stereocenters. The predicted molar refractivity (Wildman–Crippen MR) is 102 cm³/mol. The first-order valence-electron chi connectivity index (χ1n) is 8.55. The molecule has 26 heavy (non-hydrogen) atoms. The molecule has 1 heterocycles. The minimum absolute atomic E-state index is 0.154. The molecule has 0 radical (unpaired) electrons. The molecule has 6 nitrogen and oxygen atoms in total. The summed E-state index contributed by atoms with van der Waals surface area (Å²) < 4.78 is 10.7. The second-order valence-electron chi connectivity index (χ2n) is 5.85. The Hall–Kier alpha value is -2.41. The molecule has 0 aliphatic heterocycles. The first-order chi connectivity index (χ1) is 12.4. The number of anilines is 1. The number of nitrogens with zero attached hydrogens (tertiary/aromatic N) is 1. The Balaban J connectivity index is 1.79. The van der Waals surface area contributed by atoms with Gasteiger partial charge in [0.1, 0.15) is 10.6 Å². The fraction of sp³-hybridized carbons (Fsp3) is 0.421. The average molecular weight is 376 g/mol. The van der Waals surface area contributed by atoms with Gasteiger partial charge in [-0.05, 0) is 51.3 Å². The van der Waals surface area contributed by atoms with Crippen molar-refractivity contribution in [3.63, 3.8) is 0 Å². The van der Waals surface area contributed by atoms with E-state index in [2.05, 4.69) is 10.3 Å². The molecule has 0 unspecified atom stereocenters. The van der Waals surface area contributed by atoms with Gasteiger partial charge in [-0.2, -0.15) is 0 Å². The van der Waals surface area contributed by atoms with Gasteiger partial charge in [-0.3, -0.25) is 4.79 Å². The number of ether oxygens (including phenoxy) is 2. The molecule has 0 bridgehead atoms. The normalized spacial score (nSPS) is 10.5. The third kappa shape index (κ3) is 5.29. The number of esters is 1. The van der Waals surface area contributed by atoms with Crippen molar-refractivity contribution in [1.29, 1.82) is 0 Å². The summed E-state index contributed by atoms with van der Waals surface area (Å²) in [6.07, 6.45) is 0.909. The smallest absolute Gasteiger partial charge is 0.350 e. The van der Waals surface area contributed by atoms with Gasteiger partial charge in [-0.15, -0.1) is 0 Å². The van der Waals surface area contributed by atoms with Crippen molar-refractivity contribution in [3.05, 3.63) is 39.9 Å². The second-order valence-corrected chi connectivity index (χ2v) is 6.85. The van der Waals surface area contributed by atoms with Crippen molar-refractivity contribution in [3.8, 4) is 5.75 Å². The molecule has 0 fully saturated rings. The van der Waals surface area contributed by atoms with Crippen LogP contribution in [0.5, 0.6) is 5.75 Å². The number of aryl methyl sites for hydroxylation is 2. The molecule has 7 heteroatoms. The van der Waals surface area contributed by atoms with E-state index in [1.54, 1.807) is 13.8 Å². The maximum Gasteiger partial charge on any atom is 0.350 e. The van der Waals surface area contributed by atoms with Gasteiger partial charge in [-0.25, -0.2) is 9.78 Å². The van der Waals surface area contributed by atoms with E-state index in [9.17, 15) is 9.59 Å². The van der Waals surface area contributed by atoms with Crippen LogP contribution in [0.4, 0.5) is 5.13 Å². The van der Waals surface area contributed by atoms with Crippen LogP contribution in [0.3, 0.4) is 0 Å². The first kappa shape index (κ1) is 19.9. The maximum atomic E-state index is 12.0. The number of carbonyl (C=O) groups excluding carboxylic acids is 2. The lowest BCUT2D eigenvalue weighted by Crippen LogP contribution is -2.12. The zero-order valence-electron chi connectivity index (χ0n) is 15.5. The molecule has 0 aliphatic carbocycles. The standard InChI is InChI=1S/C19H24N2O4S/c1-5-24-18(23)17-14(4)20-19(26-17)21-16(22)10-7-11-25-15-9-6-8-12(2)13(15)3/h6,8-9H,5,7,10-11H2,1-4H3,(H,20,21,22). The Morgan fingerprint density at radius 1 is 1.23 bits per heavy atom. The lowest BCUT2D eigenvalue weighted by atomic mass is 10.1. The lowest BCUT2D eigenvalue weighted by molar-refractivity contribution is -0.116. The van der Waals surface area contributed by atoms with Crippen molar-refractivity contribution in [2.45, 2.75) is 40.5 Å². The summed E-state index contributed by atoms with van der Waals surface area (Å²) in [5.41, 5.74) is 2.85. The van der Waals surface area contributed by atoms with Gasteiger partial charge >= 0.3 is 5.97 Å². The van der Waals surface area contributed by atoms with E-state index in [0.29, 0.717) is 41.8 Å². The SMILES string of the molecule is CCOC(=O)c1sc(NC(=O)CCCOc2cccc(C)c2C)nc1C. The highest BCUT2D eigenvalue weighted by Gasteiger charge is 2.17. The Morgan fingerprint density at radius 2 is 2.00 bits per heavy atom. The number of rotatable bonds is 8. The molecule has 1 amide bonds. The summed E-state index contributed by atoms with van der Waals surface area (Å²) in [7, 11) is 0. The van der Waals surface area contributed by atoms with Gasteiger partial charge in [0.25, 0.3) is 0 Å². The highest BCUT2D eigenvalue weighted by molar-refractivity contribution is 7.17. The largest absolute Gasteiger partial charge is 0.493 e. The van der Waals surface area contributed by atoms with E-state index in [-0.39, 0.29) is 5.91 Å². The van der Waals surface area contributed by atoms with Gasteiger partial charge in [-0.1, -0.05) is 23.5 Å². The summed E-state index contributed by atoms with van der Waals surface area (Å²) in [5.74, 6) is 0.281. The number of hydrogen-bond acceptors (Lipinski definition) is 6. The molecule has 140 valence electrons. The zero-order chi connectivity index (χ0) is 19.1. The highest BCUT2D eigenvalue weighted by atomic mass is 32.1. The Morgan fingerprint density at radius 3 is 2.73 bits per heavy atom. The van der Waals surface area contributed by atoms with E-state index >= 15 is 0 Å². The van der Waals surface area contributed by atoms with Crippen LogP contribution in [-0.2, 0) is 9.53 Å². The zero-order valence-corrected chi connectivity index (χ0v) is 16.4. The number of amides is 1. The number of hydrogen-bond donors (Lipinski definition) is 1. The number of carbonyl (C=O) groups is 2. The van der Waals surface area contributed by atoms with E-state index in [4.69, 9.17) is 9.47 Å². The van der Waals surface area contributed by atoms with Gasteiger partial charge in [0, 0.05) is 6.42 Å². The minimum Gasteiger partial charge on any atom is -0.493 e. The fourth-order valence-corrected chi connectivity index (χ4v) is 3.19. The first-order valence-corrected chi connectivity index (χ1v) is 9.37. The van der Waals surface area contributed by atoms with Crippen LogP contribution >= 0.6 is 11.3 Å². The van der Waals surface area contributed by atoms with Crippen molar-refractivity contribution < 1.29 is 19.1 Å². The molecular weight excluding hydrogens is 352 g/mol. The number of nitrogens with one attached hydrogen (secondary N) is 1. The summed E-state index contributed by atoms with van der Waals surface area (Å²) in [5, 5.41) is 3.13. The van der Waals surface area contributed by atoms with Gasteiger partial charge in [0.15, 0.2) is 5.13 Å². The molecule has 0 saturated carbocycles. The van der Waals surface area contributed by atoms with Gasteiger partial charge < -0.3 is 14.8 Å². The van der Waals surface area contributed by atoms with Crippen LogP contribution in [0, 0.1) is 20.8 Å². The van der Waals surface area contributed by atoms with Crippen LogP contribution in [0.15, 0.2) is 18.2 Å². The third-order valence-corrected chi connectivity index (χ3v) is 4.92.